The molecule has 0 fully saturated rings. The fourth-order valence-electron chi connectivity index (χ4n) is 4.59. The van der Waals surface area contributed by atoms with Gasteiger partial charge in [0.05, 0.1) is 16.6 Å². The summed E-state index contributed by atoms with van der Waals surface area (Å²) in [5, 5.41) is 4.64. The fraction of sp³-hybridized carbons (Fsp3) is 0. The monoisotopic (exact) mass is 385 g/mol. The van der Waals surface area contributed by atoms with Crippen molar-refractivity contribution in [3.05, 3.63) is 91.1 Å². The second-order valence-corrected chi connectivity index (χ2v) is 7.52. The third-order valence-electron chi connectivity index (χ3n) is 5.88. The van der Waals surface area contributed by atoms with Crippen LogP contribution >= 0.6 is 0 Å². The molecule has 1 aliphatic rings. The van der Waals surface area contributed by atoms with Crippen molar-refractivity contribution in [3.8, 4) is 28.7 Å². The standard InChI is InChI=1S/C26H15N3O/c1-3-12-21-17(9-1)18-10-2-4-13-22(18)29(21)26-27-15-20-19-11-5-7-16-8-6-14-23(24(16)19)30-25(20)28-26/h1-15H. The van der Waals surface area contributed by atoms with Crippen LogP contribution in [0.25, 0.3) is 49.7 Å². The SMILES string of the molecule is c1cc2c3c(cccc3c1)-c1cnc(-n3c4ccccc4c4ccccc43)nc1O2. The Kier molecular flexibility index (Phi) is 2.97. The van der Waals surface area contributed by atoms with E-state index in [-0.39, 0.29) is 0 Å². The van der Waals surface area contributed by atoms with Gasteiger partial charge in [0, 0.05) is 27.9 Å². The molecule has 0 atom stereocenters. The highest BCUT2D eigenvalue weighted by Crippen LogP contribution is 2.45. The van der Waals surface area contributed by atoms with Crippen molar-refractivity contribution in [2.75, 3.05) is 0 Å². The Morgan fingerprint density at radius 1 is 0.667 bits per heavy atom. The molecular formula is C26H15N3O. The van der Waals surface area contributed by atoms with Gasteiger partial charge in [0.15, 0.2) is 0 Å². The number of hydrogen-bond donors (Lipinski definition) is 0. The first kappa shape index (κ1) is 15.7. The predicted molar refractivity (Wildman–Crippen MR) is 119 cm³/mol. The molecule has 7 rings (SSSR count). The van der Waals surface area contributed by atoms with Gasteiger partial charge in [-0.05, 0) is 23.6 Å². The second-order valence-electron chi connectivity index (χ2n) is 7.52. The molecule has 0 unspecified atom stereocenters. The fourth-order valence-corrected chi connectivity index (χ4v) is 4.59. The Labute approximate surface area is 172 Å². The maximum atomic E-state index is 6.25. The number of nitrogens with zero attached hydrogens (tertiary/aromatic N) is 3. The van der Waals surface area contributed by atoms with Crippen LogP contribution in [0.3, 0.4) is 0 Å². The third kappa shape index (κ3) is 2.00. The summed E-state index contributed by atoms with van der Waals surface area (Å²) in [4.78, 5) is 9.64. The molecule has 1 aliphatic heterocycles. The van der Waals surface area contributed by atoms with Gasteiger partial charge < -0.3 is 4.74 Å². The van der Waals surface area contributed by atoms with Gasteiger partial charge in [-0.15, -0.1) is 0 Å². The molecule has 0 bridgehead atoms. The van der Waals surface area contributed by atoms with Gasteiger partial charge in [0.2, 0.25) is 11.8 Å². The topological polar surface area (TPSA) is 39.9 Å². The van der Waals surface area contributed by atoms with Gasteiger partial charge in [0.25, 0.3) is 0 Å². The summed E-state index contributed by atoms with van der Waals surface area (Å²) in [6.07, 6.45) is 1.88. The van der Waals surface area contributed by atoms with Crippen LogP contribution in [0.5, 0.6) is 11.6 Å². The summed E-state index contributed by atoms with van der Waals surface area (Å²) in [5.74, 6) is 2.04. The number of hydrogen-bond acceptors (Lipinski definition) is 3. The Hall–Kier alpha value is -4.18. The van der Waals surface area contributed by atoms with Crippen LogP contribution in [0.4, 0.5) is 0 Å². The van der Waals surface area contributed by atoms with Crippen molar-refractivity contribution in [3.63, 3.8) is 0 Å². The largest absolute Gasteiger partial charge is 0.438 e. The summed E-state index contributed by atoms with van der Waals surface area (Å²) in [7, 11) is 0. The van der Waals surface area contributed by atoms with E-state index in [0.29, 0.717) is 11.8 Å². The molecule has 0 saturated heterocycles. The van der Waals surface area contributed by atoms with Crippen molar-refractivity contribution < 1.29 is 4.74 Å². The van der Waals surface area contributed by atoms with E-state index in [1.165, 1.54) is 10.8 Å². The molecular weight excluding hydrogens is 370 g/mol. The van der Waals surface area contributed by atoms with Crippen molar-refractivity contribution in [1.29, 1.82) is 0 Å². The molecule has 0 aliphatic carbocycles. The molecule has 4 heteroatoms. The predicted octanol–water partition coefficient (Wildman–Crippen LogP) is 6.50. The lowest BCUT2D eigenvalue weighted by Gasteiger charge is -2.20. The second kappa shape index (κ2) is 5.67. The van der Waals surface area contributed by atoms with Crippen molar-refractivity contribution >= 4 is 32.6 Å². The lowest BCUT2D eigenvalue weighted by molar-refractivity contribution is 0.465. The quantitative estimate of drug-likeness (QED) is 0.324. The van der Waals surface area contributed by atoms with Gasteiger partial charge in [-0.25, -0.2) is 4.98 Å². The highest BCUT2D eigenvalue weighted by atomic mass is 16.5. The molecule has 0 amide bonds. The first-order valence-corrected chi connectivity index (χ1v) is 9.94. The summed E-state index contributed by atoms with van der Waals surface area (Å²) in [6, 6.07) is 29.1. The molecule has 4 aromatic carbocycles. The number of rotatable bonds is 1. The molecule has 0 N–H and O–H groups in total. The zero-order valence-electron chi connectivity index (χ0n) is 15.9. The molecule has 4 nitrogen and oxygen atoms in total. The van der Waals surface area contributed by atoms with Crippen molar-refractivity contribution in [2.45, 2.75) is 0 Å². The van der Waals surface area contributed by atoms with E-state index in [4.69, 9.17) is 14.7 Å². The van der Waals surface area contributed by atoms with Gasteiger partial charge in [-0.3, -0.25) is 4.57 Å². The molecule has 0 radical (unpaired) electrons. The van der Waals surface area contributed by atoms with E-state index >= 15 is 0 Å². The van der Waals surface area contributed by atoms with Crippen LogP contribution in [-0.2, 0) is 0 Å². The highest BCUT2D eigenvalue weighted by Gasteiger charge is 2.23. The molecule has 140 valence electrons. The van der Waals surface area contributed by atoms with E-state index in [9.17, 15) is 0 Å². The molecule has 2 aromatic heterocycles. The van der Waals surface area contributed by atoms with Gasteiger partial charge >= 0.3 is 0 Å². The van der Waals surface area contributed by atoms with Crippen LogP contribution in [0.1, 0.15) is 0 Å². The number of benzene rings is 4. The lowest BCUT2D eigenvalue weighted by atomic mass is 9.97. The van der Waals surface area contributed by atoms with Gasteiger partial charge in [0.1, 0.15) is 5.75 Å². The average molecular weight is 385 g/mol. The zero-order valence-corrected chi connectivity index (χ0v) is 15.9. The molecule has 6 aromatic rings. The summed E-state index contributed by atoms with van der Waals surface area (Å²) in [5.41, 5.74) is 4.19. The van der Waals surface area contributed by atoms with E-state index in [1.54, 1.807) is 0 Å². The highest BCUT2D eigenvalue weighted by molar-refractivity contribution is 6.09. The maximum Gasteiger partial charge on any atom is 0.237 e. The van der Waals surface area contributed by atoms with E-state index < -0.39 is 0 Å². The van der Waals surface area contributed by atoms with Crippen molar-refractivity contribution in [1.82, 2.24) is 14.5 Å². The maximum absolute atomic E-state index is 6.25. The number of ether oxygens (including phenoxy) is 1. The van der Waals surface area contributed by atoms with Crippen LogP contribution < -0.4 is 4.74 Å². The Balaban J connectivity index is 1.52. The molecule has 3 heterocycles. The minimum atomic E-state index is 0.591. The lowest BCUT2D eigenvalue weighted by Crippen LogP contribution is -2.06. The Bertz CT molecular complexity index is 1570. The molecule has 0 saturated carbocycles. The summed E-state index contributed by atoms with van der Waals surface area (Å²) in [6.45, 7) is 0. The Morgan fingerprint density at radius 3 is 2.13 bits per heavy atom. The summed E-state index contributed by atoms with van der Waals surface area (Å²) < 4.78 is 8.35. The van der Waals surface area contributed by atoms with Crippen LogP contribution in [0.2, 0.25) is 0 Å². The van der Waals surface area contributed by atoms with Crippen LogP contribution in [-0.4, -0.2) is 14.5 Å². The van der Waals surface area contributed by atoms with E-state index in [0.717, 1.165) is 38.7 Å². The first-order chi connectivity index (χ1) is 14.9. The Morgan fingerprint density at radius 2 is 1.37 bits per heavy atom. The third-order valence-corrected chi connectivity index (χ3v) is 5.88. The zero-order chi connectivity index (χ0) is 19.7. The average Bonchev–Trinajstić information content (AvgIpc) is 3.14. The minimum Gasteiger partial charge on any atom is -0.438 e. The van der Waals surface area contributed by atoms with Crippen LogP contribution in [0.15, 0.2) is 91.1 Å². The van der Waals surface area contributed by atoms with Crippen LogP contribution in [0, 0.1) is 0 Å². The van der Waals surface area contributed by atoms with Crippen molar-refractivity contribution in [2.24, 2.45) is 0 Å². The molecule has 30 heavy (non-hydrogen) atoms. The number of aromatic nitrogens is 3. The van der Waals surface area contributed by atoms with Gasteiger partial charge in [-0.1, -0.05) is 66.7 Å². The number of para-hydroxylation sites is 2. The minimum absolute atomic E-state index is 0.591. The van der Waals surface area contributed by atoms with Gasteiger partial charge in [-0.2, -0.15) is 4.98 Å². The first-order valence-electron chi connectivity index (χ1n) is 9.94. The summed E-state index contributed by atoms with van der Waals surface area (Å²) >= 11 is 0. The smallest absolute Gasteiger partial charge is 0.237 e. The molecule has 0 spiro atoms. The normalized spacial score (nSPS) is 12.3. The van der Waals surface area contributed by atoms with E-state index in [2.05, 4.69) is 65.2 Å². The van der Waals surface area contributed by atoms with E-state index in [1.807, 2.05) is 30.5 Å². The number of fused-ring (bicyclic) bond motifs is 5.